The monoisotopic (exact) mass is 375 g/mol. The summed E-state index contributed by atoms with van der Waals surface area (Å²) >= 11 is 6.06. The number of nitrogens with zero attached hydrogens (tertiary/aromatic N) is 2. The Kier molecular flexibility index (Phi) is 5.58. The van der Waals surface area contributed by atoms with Crippen molar-refractivity contribution in [2.24, 2.45) is 0 Å². The van der Waals surface area contributed by atoms with Gasteiger partial charge in [0, 0.05) is 30.2 Å². The van der Waals surface area contributed by atoms with Gasteiger partial charge in [0.05, 0.1) is 16.3 Å². The molecule has 0 unspecified atom stereocenters. The summed E-state index contributed by atoms with van der Waals surface area (Å²) in [4.78, 5) is 24.6. The molecule has 1 N–H and O–H groups in total. The highest BCUT2D eigenvalue weighted by atomic mass is 35.5. The number of carbonyl (C=O) groups is 1. The lowest BCUT2D eigenvalue weighted by Gasteiger charge is -2.22. The number of ether oxygens (including phenoxy) is 1. The Hall–Kier alpha value is -2.80. The van der Waals surface area contributed by atoms with E-state index < -0.39 is 4.92 Å². The van der Waals surface area contributed by atoms with Gasteiger partial charge in [0.15, 0.2) is 6.61 Å². The zero-order valence-electron chi connectivity index (χ0n) is 14.0. The molecule has 0 bridgehead atoms. The summed E-state index contributed by atoms with van der Waals surface area (Å²) < 4.78 is 5.39. The Balaban J connectivity index is 1.62. The first-order chi connectivity index (χ1) is 12.5. The molecule has 2 aromatic carbocycles. The molecule has 0 aliphatic carbocycles. The average molecular weight is 376 g/mol. The van der Waals surface area contributed by atoms with Crippen molar-refractivity contribution in [2.75, 3.05) is 29.9 Å². The molecule has 0 spiro atoms. The Morgan fingerprint density at radius 3 is 2.54 bits per heavy atom. The zero-order chi connectivity index (χ0) is 18.5. The minimum Gasteiger partial charge on any atom is -0.484 e. The lowest BCUT2D eigenvalue weighted by Crippen LogP contribution is -2.24. The van der Waals surface area contributed by atoms with Crippen molar-refractivity contribution in [1.82, 2.24) is 0 Å². The van der Waals surface area contributed by atoms with E-state index in [1.807, 2.05) is 6.07 Å². The number of anilines is 2. The van der Waals surface area contributed by atoms with Gasteiger partial charge in [-0.15, -0.1) is 0 Å². The summed E-state index contributed by atoms with van der Waals surface area (Å²) in [5.74, 6) is 0.0580. The molecule has 1 saturated heterocycles. The van der Waals surface area contributed by atoms with E-state index >= 15 is 0 Å². The van der Waals surface area contributed by atoms with Crippen molar-refractivity contribution in [3.63, 3.8) is 0 Å². The quantitative estimate of drug-likeness (QED) is 0.612. The van der Waals surface area contributed by atoms with E-state index in [9.17, 15) is 14.9 Å². The fraction of sp³-hybridized carbons (Fsp3) is 0.278. The molecule has 1 heterocycles. The SMILES string of the molecule is O=C(COc1ccc([N+](=O)[O-])cc1)Nc1cc(Cl)ccc1N1CCCC1. The summed E-state index contributed by atoms with van der Waals surface area (Å²) in [6.45, 7) is 1.69. The van der Waals surface area contributed by atoms with Gasteiger partial charge in [-0.2, -0.15) is 0 Å². The second-order valence-corrected chi connectivity index (χ2v) is 6.38. The summed E-state index contributed by atoms with van der Waals surface area (Å²) in [5, 5.41) is 14.0. The molecule has 8 heteroatoms. The van der Waals surface area contributed by atoms with Crippen molar-refractivity contribution in [3.8, 4) is 5.75 Å². The molecule has 136 valence electrons. The number of hydrogen-bond acceptors (Lipinski definition) is 5. The first kappa shape index (κ1) is 18.0. The van der Waals surface area contributed by atoms with E-state index in [1.165, 1.54) is 24.3 Å². The predicted octanol–water partition coefficient (Wildman–Crippen LogP) is 3.87. The average Bonchev–Trinajstić information content (AvgIpc) is 3.15. The van der Waals surface area contributed by atoms with Crippen LogP contribution in [0.5, 0.6) is 5.75 Å². The fourth-order valence-electron chi connectivity index (χ4n) is 2.84. The van der Waals surface area contributed by atoms with Gasteiger partial charge in [-0.3, -0.25) is 14.9 Å². The third kappa shape index (κ3) is 4.43. The van der Waals surface area contributed by atoms with Crippen molar-refractivity contribution >= 4 is 34.6 Å². The van der Waals surface area contributed by atoms with Crippen LogP contribution in [0.25, 0.3) is 0 Å². The summed E-state index contributed by atoms with van der Waals surface area (Å²) in [5.41, 5.74) is 1.56. The van der Waals surface area contributed by atoms with Crippen LogP contribution in [0.3, 0.4) is 0 Å². The standard InChI is InChI=1S/C18H18ClN3O4/c19-13-3-8-17(21-9-1-2-10-21)16(11-13)20-18(23)12-26-15-6-4-14(5-7-15)22(24)25/h3-8,11H,1-2,9-10,12H2,(H,20,23). The predicted molar refractivity (Wildman–Crippen MR) is 100 cm³/mol. The van der Waals surface area contributed by atoms with Gasteiger partial charge >= 0.3 is 0 Å². The summed E-state index contributed by atoms with van der Waals surface area (Å²) in [6.07, 6.45) is 2.25. The maximum absolute atomic E-state index is 12.2. The van der Waals surface area contributed by atoms with Crippen LogP contribution in [-0.4, -0.2) is 30.5 Å². The maximum atomic E-state index is 12.2. The molecule has 0 saturated carbocycles. The normalized spacial score (nSPS) is 13.5. The second-order valence-electron chi connectivity index (χ2n) is 5.94. The van der Waals surface area contributed by atoms with Crippen molar-refractivity contribution in [3.05, 3.63) is 57.6 Å². The van der Waals surface area contributed by atoms with E-state index in [4.69, 9.17) is 16.3 Å². The highest BCUT2D eigenvalue weighted by Gasteiger charge is 2.17. The Bertz CT molecular complexity index is 805. The molecule has 1 amide bonds. The number of non-ortho nitro benzene ring substituents is 1. The third-order valence-electron chi connectivity index (χ3n) is 4.10. The number of amides is 1. The Morgan fingerprint density at radius 2 is 1.88 bits per heavy atom. The minimum absolute atomic E-state index is 0.0315. The molecule has 1 fully saturated rings. The summed E-state index contributed by atoms with van der Waals surface area (Å²) in [7, 11) is 0. The van der Waals surface area contributed by atoms with E-state index in [2.05, 4.69) is 10.2 Å². The highest BCUT2D eigenvalue weighted by Crippen LogP contribution is 2.31. The number of hydrogen-bond donors (Lipinski definition) is 1. The molecule has 0 atom stereocenters. The number of rotatable bonds is 6. The number of carbonyl (C=O) groups excluding carboxylic acids is 1. The molecule has 0 radical (unpaired) electrons. The van der Waals surface area contributed by atoms with E-state index in [1.54, 1.807) is 12.1 Å². The van der Waals surface area contributed by atoms with Crippen LogP contribution >= 0.6 is 11.6 Å². The van der Waals surface area contributed by atoms with Gasteiger partial charge < -0.3 is 15.0 Å². The summed E-state index contributed by atoms with van der Waals surface area (Å²) in [6, 6.07) is 11.0. The third-order valence-corrected chi connectivity index (χ3v) is 4.33. The Labute approximate surface area is 155 Å². The molecule has 3 rings (SSSR count). The van der Waals surface area contributed by atoms with E-state index in [0.29, 0.717) is 16.5 Å². The molecule has 26 heavy (non-hydrogen) atoms. The van der Waals surface area contributed by atoms with Crippen molar-refractivity contribution in [1.29, 1.82) is 0 Å². The van der Waals surface area contributed by atoms with Crippen molar-refractivity contribution < 1.29 is 14.5 Å². The molecule has 0 aromatic heterocycles. The number of nitro groups is 1. The number of nitrogens with one attached hydrogen (secondary N) is 1. The molecule has 1 aliphatic rings. The lowest BCUT2D eigenvalue weighted by molar-refractivity contribution is -0.384. The van der Waals surface area contributed by atoms with Gasteiger partial charge in [0.2, 0.25) is 0 Å². The van der Waals surface area contributed by atoms with Crippen molar-refractivity contribution in [2.45, 2.75) is 12.8 Å². The van der Waals surface area contributed by atoms with Crippen LogP contribution in [0, 0.1) is 10.1 Å². The number of nitro benzene ring substituents is 1. The zero-order valence-corrected chi connectivity index (χ0v) is 14.7. The van der Waals surface area contributed by atoms with E-state index in [-0.39, 0.29) is 18.2 Å². The molecule has 2 aromatic rings. The minimum atomic E-state index is -0.491. The molecule has 7 nitrogen and oxygen atoms in total. The van der Waals surface area contributed by atoms with Crippen LogP contribution in [-0.2, 0) is 4.79 Å². The first-order valence-electron chi connectivity index (χ1n) is 8.24. The van der Waals surface area contributed by atoms with Gasteiger partial charge in [0.25, 0.3) is 11.6 Å². The Morgan fingerprint density at radius 1 is 1.19 bits per heavy atom. The van der Waals surface area contributed by atoms with Crippen LogP contribution in [0.15, 0.2) is 42.5 Å². The van der Waals surface area contributed by atoms with Gasteiger partial charge in [-0.25, -0.2) is 0 Å². The molecular formula is C18H18ClN3O4. The van der Waals surface area contributed by atoms with Gasteiger partial charge in [-0.05, 0) is 43.2 Å². The topological polar surface area (TPSA) is 84.7 Å². The van der Waals surface area contributed by atoms with Crippen LogP contribution in [0.2, 0.25) is 5.02 Å². The maximum Gasteiger partial charge on any atom is 0.269 e. The fourth-order valence-corrected chi connectivity index (χ4v) is 3.01. The van der Waals surface area contributed by atoms with Gasteiger partial charge in [0.1, 0.15) is 5.75 Å². The molecule has 1 aliphatic heterocycles. The van der Waals surface area contributed by atoms with E-state index in [0.717, 1.165) is 31.6 Å². The number of halogens is 1. The lowest BCUT2D eigenvalue weighted by atomic mass is 10.2. The van der Waals surface area contributed by atoms with Gasteiger partial charge in [-0.1, -0.05) is 11.6 Å². The van der Waals surface area contributed by atoms with Crippen LogP contribution < -0.4 is 15.0 Å². The van der Waals surface area contributed by atoms with Crippen LogP contribution in [0.1, 0.15) is 12.8 Å². The smallest absolute Gasteiger partial charge is 0.269 e. The second kappa shape index (κ2) is 8.05. The largest absolute Gasteiger partial charge is 0.484 e. The van der Waals surface area contributed by atoms with Crippen LogP contribution in [0.4, 0.5) is 17.1 Å². The highest BCUT2D eigenvalue weighted by molar-refractivity contribution is 6.31. The number of benzene rings is 2. The first-order valence-corrected chi connectivity index (χ1v) is 8.62. The molecular weight excluding hydrogens is 358 g/mol.